The first-order valence-corrected chi connectivity index (χ1v) is 9.97. The number of carboxylic acid groups (broad SMARTS) is 1. The van der Waals surface area contributed by atoms with Crippen LogP contribution in [0.25, 0.3) is 11.1 Å². The van der Waals surface area contributed by atoms with Gasteiger partial charge in [-0.2, -0.15) is 0 Å². The Hall–Kier alpha value is -3.34. The predicted octanol–water partition coefficient (Wildman–Crippen LogP) is 4.80. The number of aromatic nitrogens is 1. The zero-order chi connectivity index (χ0) is 19.8. The molecule has 0 bridgehead atoms. The van der Waals surface area contributed by atoms with Crippen LogP contribution >= 0.6 is 0 Å². The van der Waals surface area contributed by atoms with E-state index in [2.05, 4.69) is 52.8 Å². The van der Waals surface area contributed by atoms with Gasteiger partial charge in [-0.1, -0.05) is 48.5 Å². The molecule has 0 saturated carbocycles. The van der Waals surface area contributed by atoms with Crippen molar-refractivity contribution in [3.05, 3.63) is 77.6 Å². The molecular formula is C24H22N2O3. The summed E-state index contributed by atoms with van der Waals surface area (Å²) in [7, 11) is 0. The maximum absolute atomic E-state index is 11.0. The molecule has 0 saturated heterocycles. The van der Waals surface area contributed by atoms with Crippen LogP contribution in [0.5, 0.6) is 5.75 Å². The minimum absolute atomic E-state index is 0.0467. The van der Waals surface area contributed by atoms with Crippen LogP contribution in [-0.4, -0.2) is 22.7 Å². The maximum Gasteiger partial charge on any atom is 0.304 e. The van der Waals surface area contributed by atoms with Gasteiger partial charge in [0.2, 0.25) is 0 Å². The van der Waals surface area contributed by atoms with Crippen molar-refractivity contribution in [3.63, 3.8) is 0 Å². The zero-order valence-corrected chi connectivity index (χ0v) is 16.0. The standard InChI is InChI=1S/C24H22N2O3/c27-23(28)11-16-14-29-22-12-17(13-25-24(16)22)26-21-10-9-19-18(7-4-8-20(19)21)15-5-2-1-3-6-15/h1-8,12-13,16,21,26H,9-11,14H2,(H,27,28). The van der Waals surface area contributed by atoms with Gasteiger partial charge in [0.1, 0.15) is 5.75 Å². The number of hydrogen-bond acceptors (Lipinski definition) is 4. The molecule has 0 fully saturated rings. The first-order valence-electron chi connectivity index (χ1n) is 9.97. The highest BCUT2D eigenvalue weighted by molar-refractivity contribution is 5.71. The second-order valence-electron chi connectivity index (χ2n) is 7.69. The van der Waals surface area contributed by atoms with E-state index in [-0.39, 0.29) is 18.4 Å². The summed E-state index contributed by atoms with van der Waals surface area (Å²) in [6, 6.07) is 19.2. The monoisotopic (exact) mass is 386 g/mol. The molecule has 2 aliphatic rings. The molecule has 1 aliphatic carbocycles. The molecule has 2 aromatic carbocycles. The third-order valence-electron chi connectivity index (χ3n) is 5.83. The van der Waals surface area contributed by atoms with Crippen LogP contribution in [0.4, 0.5) is 5.69 Å². The van der Waals surface area contributed by atoms with Gasteiger partial charge in [0.05, 0.1) is 36.6 Å². The molecule has 5 nitrogen and oxygen atoms in total. The molecule has 146 valence electrons. The highest BCUT2D eigenvalue weighted by Crippen LogP contribution is 2.41. The van der Waals surface area contributed by atoms with Crippen molar-refractivity contribution in [3.8, 4) is 16.9 Å². The lowest BCUT2D eigenvalue weighted by molar-refractivity contribution is -0.137. The Kier molecular flexibility index (Phi) is 4.43. The minimum Gasteiger partial charge on any atom is -0.491 e. The van der Waals surface area contributed by atoms with Crippen LogP contribution in [0.15, 0.2) is 60.8 Å². The van der Waals surface area contributed by atoms with E-state index >= 15 is 0 Å². The summed E-state index contributed by atoms with van der Waals surface area (Å²) in [6.45, 7) is 0.380. The second-order valence-corrected chi connectivity index (χ2v) is 7.69. The summed E-state index contributed by atoms with van der Waals surface area (Å²) in [4.78, 5) is 15.5. The van der Waals surface area contributed by atoms with E-state index in [0.29, 0.717) is 12.4 Å². The Morgan fingerprint density at radius 3 is 2.86 bits per heavy atom. The number of rotatable bonds is 5. The molecule has 1 aromatic heterocycles. The third-order valence-corrected chi connectivity index (χ3v) is 5.83. The van der Waals surface area contributed by atoms with Crippen molar-refractivity contribution in [2.75, 3.05) is 11.9 Å². The summed E-state index contributed by atoms with van der Waals surface area (Å²) in [5, 5.41) is 12.6. The van der Waals surface area contributed by atoms with E-state index in [1.165, 1.54) is 22.3 Å². The van der Waals surface area contributed by atoms with Gasteiger partial charge in [-0.3, -0.25) is 9.78 Å². The number of nitrogens with zero attached hydrogens (tertiary/aromatic N) is 1. The Bertz CT molecular complexity index is 1060. The number of nitrogens with one attached hydrogen (secondary N) is 1. The quantitative estimate of drug-likeness (QED) is 0.659. The van der Waals surface area contributed by atoms with Gasteiger partial charge < -0.3 is 15.2 Å². The van der Waals surface area contributed by atoms with Gasteiger partial charge in [-0.05, 0) is 35.1 Å². The van der Waals surface area contributed by atoms with Gasteiger partial charge in [-0.15, -0.1) is 0 Å². The molecule has 2 heterocycles. The van der Waals surface area contributed by atoms with Crippen LogP contribution in [0.1, 0.15) is 41.6 Å². The molecule has 2 atom stereocenters. The number of carbonyl (C=O) groups is 1. The molecule has 2 N–H and O–H groups in total. The molecule has 0 spiro atoms. The fourth-order valence-corrected chi connectivity index (χ4v) is 4.49. The average Bonchev–Trinajstić information content (AvgIpc) is 3.32. The molecule has 1 aliphatic heterocycles. The van der Waals surface area contributed by atoms with E-state index in [1.54, 1.807) is 6.20 Å². The summed E-state index contributed by atoms with van der Waals surface area (Å²) >= 11 is 0. The summed E-state index contributed by atoms with van der Waals surface area (Å²) in [5.74, 6) is -0.304. The number of carboxylic acids is 1. The number of hydrogen-bond donors (Lipinski definition) is 2. The van der Waals surface area contributed by atoms with Gasteiger partial charge >= 0.3 is 5.97 Å². The number of benzene rings is 2. The molecule has 5 heteroatoms. The summed E-state index contributed by atoms with van der Waals surface area (Å²) < 4.78 is 5.70. The van der Waals surface area contributed by atoms with Crippen molar-refractivity contribution >= 4 is 11.7 Å². The van der Waals surface area contributed by atoms with Crippen LogP contribution in [0.2, 0.25) is 0 Å². The fraction of sp³-hybridized carbons (Fsp3) is 0.250. The Morgan fingerprint density at radius 1 is 1.17 bits per heavy atom. The van der Waals surface area contributed by atoms with Gasteiger partial charge in [-0.25, -0.2) is 0 Å². The Balaban J connectivity index is 1.39. The van der Waals surface area contributed by atoms with Crippen LogP contribution < -0.4 is 10.1 Å². The van der Waals surface area contributed by atoms with Gasteiger partial charge in [0.25, 0.3) is 0 Å². The number of ether oxygens (including phenoxy) is 1. The minimum atomic E-state index is -0.827. The van der Waals surface area contributed by atoms with Gasteiger partial charge in [0.15, 0.2) is 0 Å². The lowest BCUT2D eigenvalue weighted by Gasteiger charge is -2.17. The van der Waals surface area contributed by atoms with Crippen molar-refractivity contribution < 1.29 is 14.6 Å². The molecule has 2 unspecified atom stereocenters. The van der Waals surface area contributed by atoms with E-state index in [0.717, 1.165) is 24.2 Å². The average molecular weight is 386 g/mol. The number of fused-ring (bicyclic) bond motifs is 2. The van der Waals surface area contributed by atoms with Crippen molar-refractivity contribution in [2.24, 2.45) is 0 Å². The summed E-state index contributed by atoms with van der Waals surface area (Å²) in [6.07, 6.45) is 3.90. The zero-order valence-electron chi connectivity index (χ0n) is 16.0. The van der Waals surface area contributed by atoms with E-state index in [1.807, 2.05) is 12.1 Å². The molecule has 0 amide bonds. The molecular weight excluding hydrogens is 364 g/mol. The maximum atomic E-state index is 11.0. The third kappa shape index (κ3) is 3.33. The lowest BCUT2D eigenvalue weighted by atomic mass is 9.96. The smallest absolute Gasteiger partial charge is 0.304 e. The second kappa shape index (κ2) is 7.24. The number of anilines is 1. The highest BCUT2D eigenvalue weighted by Gasteiger charge is 2.29. The van der Waals surface area contributed by atoms with E-state index in [9.17, 15) is 4.79 Å². The SMILES string of the molecule is O=C(O)CC1COc2cc(NC3CCc4c(-c5ccccc5)cccc43)cnc21. The first-order chi connectivity index (χ1) is 14.2. The molecule has 29 heavy (non-hydrogen) atoms. The van der Waals surface area contributed by atoms with Crippen LogP contribution in [0, 0.1) is 0 Å². The van der Waals surface area contributed by atoms with Crippen LogP contribution in [0.3, 0.4) is 0 Å². The fourth-order valence-electron chi connectivity index (χ4n) is 4.49. The Morgan fingerprint density at radius 2 is 2.03 bits per heavy atom. The van der Waals surface area contributed by atoms with E-state index < -0.39 is 5.97 Å². The van der Waals surface area contributed by atoms with Crippen molar-refractivity contribution in [1.82, 2.24) is 4.98 Å². The van der Waals surface area contributed by atoms with Gasteiger partial charge in [0, 0.05) is 12.0 Å². The van der Waals surface area contributed by atoms with E-state index in [4.69, 9.17) is 9.84 Å². The van der Waals surface area contributed by atoms with Crippen LogP contribution in [-0.2, 0) is 11.2 Å². The van der Waals surface area contributed by atoms with Crippen molar-refractivity contribution in [1.29, 1.82) is 0 Å². The normalized spacial score (nSPS) is 19.3. The lowest BCUT2D eigenvalue weighted by Crippen LogP contribution is -2.09. The molecule has 3 aromatic rings. The number of aliphatic carboxylic acids is 1. The molecule has 5 rings (SSSR count). The number of pyridine rings is 1. The Labute approximate surface area is 169 Å². The topological polar surface area (TPSA) is 71.5 Å². The highest BCUT2D eigenvalue weighted by atomic mass is 16.5. The molecule has 0 radical (unpaired) electrons. The van der Waals surface area contributed by atoms with Crippen molar-refractivity contribution in [2.45, 2.75) is 31.2 Å². The largest absolute Gasteiger partial charge is 0.491 e. The first kappa shape index (κ1) is 17.7. The summed E-state index contributed by atoms with van der Waals surface area (Å²) in [5.41, 5.74) is 6.94. The predicted molar refractivity (Wildman–Crippen MR) is 111 cm³/mol.